The molecule has 4 N–H and O–H groups in total. The Labute approximate surface area is 98.6 Å². The van der Waals surface area contributed by atoms with E-state index in [-0.39, 0.29) is 17.9 Å². The molecule has 1 aromatic heterocycles. The first-order valence-corrected chi connectivity index (χ1v) is 5.48. The van der Waals surface area contributed by atoms with Crippen LogP contribution in [-0.2, 0) is 0 Å². The Kier molecular flexibility index (Phi) is 3.39. The van der Waals surface area contributed by atoms with Crippen LogP contribution in [0.4, 0.5) is 16.2 Å². The normalized spacial score (nSPS) is 23.1. The van der Waals surface area contributed by atoms with Crippen molar-refractivity contribution in [3.63, 3.8) is 0 Å². The molecule has 0 atom stereocenters. The fourth-order valence-electron chi connectivity index (χ4n) is 2.02. The second kappa shape index (κ2) is 4.80. The number of halogens is 1. The molecule has 2 rings (SSSR count). The van der Waals surface area contributed by atoms with E-state index in [1.807, 2.05) is 0 Å². The summed E-state index contributed by atoms with van der Waals surface area (Å²) in [5.41, 5.74) is 2.28. The molecule has 7 heteroatoms. The minimum atomic E-state index is -0.480. The summed E-state index contributed by atoms with van der Waals surface area (Å²) in [5, 5.41) is 9.19. The average molecular weight is 241 g/mol. The second-order valence-electron chi connectivity index (χ2n) is 4.38. The largest absolute Gasteiger partial charge is 0.393 e. The summed E-state index contributed by atoms with van der Waals surface area (Å²) >= 11 is 0. The van der Waals surface area contributed by atoms with Gasteiger partial charge in [0.05, 0.1) is 12.3 Å². The van der Waals surface area contributed by atoms with Crippen LogP contribution >= 0.6 is 0 Å². The summed E-state index contributed by atoms with van der Waals surface area (Å²) in [5.74, 6) is 5.48. The van der Waals surface area contributed by atoms with Gasteiger partial charge in [-0.05, 0) is 18.8 Å². The van der Waals surface area contributed by atoms with Gasteiger partial charge in [0.25, 0.3) is 0 Å². The zero-order valence-corrected chi connectivity index (χ0v) is 9.60. The fourth-order valence-corrected chi connectivity index (χ4v) is 2.02. The third-order valence-corrected chi connectivity index (χ3v) is 2.96. The van der Waals surface area contributed by atoms with Gasteiger partial charge in [-0.3, -0.25) is 5.43 Å². The van der Waals surface area contributed by atoms with Crippen LogP contribution < -0.4 is 16.2 Å². The zero-order valence-electron chi connectivity index (χ0n) is 9.60. The van der Waals surface area contributed by atoms with E-state index in [0.717, 1.165) is 19.0 Å². The summed E-state index contributed by atoms with van der Waals surface area (Å²) in [4.78, 5) is 9.36. The van der Waals surface area contributed by atoms with Gasteiger partial charge in [0.1, 0.15) is 0 Å². The van der Waals surface area contributed by atoms with Crippen molar-refractivity contribution in [3.05, 3.63) is 12.0 Å². The van der Waals surface area contributed by atoms with E-state index in [2.05, 4.69) is 15.4 Å². The van der Waals surface area contributed by atoms with Crippen molar-refractivity contribution in [2.75, 3.05) is 23.9 Å². The Hall–Kier alpha value is -1.47. The summed E-state index contributed by atoms with van der Waals surface area (Å²) < 4.78 is 13.5. The molecule has 0 unspecified atom stereocenters. The van der Waals surface area contributed by atoms with Gasteiger partial charge in [-0.25, -0.2) is 15.2 Å². The van der Waals surface area contributed by atoms with E-state index >= 15 is 0 Å². The molecule has 0 spiro atoms. The molecule has 1 saturated carbocycles. The van der Waals surface area contributed by atoms with Gasteiger partial charge < -0.3 is 10.0 Å². The highest BCUT2D eigenvalue weighted by molar-refractivity contribution is 5.42. The highest BCUT2D eigenvalue weighted by Gasteiger charge is 2.28. The number of nitrogen functional groups attached to an aromatic ring is 1. The van der Waals surface area contributed by atoms with Crippen molar-refractivity contribution in [3.8, 4) is 0 Å². The maximum absolute atomic E-state index is 13.5. The monoisotopic (exact) mass is 241 g/mol. The highest BCUT2D eigenvalue weighted by Crippen LogP contribution is 2.29. The molecule has 1 aliphatic rings. The lowest BCUT2D eigenvalue weighted by Gasteiger charge is -2.34. The number of nitrogens with two attached hydrogens (primary N) is 1. The number of anilines is 2. The topological polar surface area (TPSA) is 87.3 Å². The van der Waals surface area contributed by atoms with E-state index in [0.29, 0.717) is 12.5 Å². The molecular formula is C10H16FN5O. The van der Waals surface area contributed by atoms with E-state index < -0.39 is 5.82 Å². The molecule has 0 aromatic carbocycles. The molecule has 1 heterocycles. The first-order valence-electron chi connectivity index (χ1n) is 5.48. The molecule has 0 bridgehead atoms. The quantitative estimate of drug-likeness (QED) is 0.512. The number of hydrogen-bond donors (Lipinski definition) is 3. The molecule has 6 nitrogen and oxygen atoms in total. The van der Waals surface area contributed by atoms with Gasteiger partial charge in [0.15, 0.2) is 11.6 Å². The zero-order chi connectivity index (χ0) is 12.4. The van der Waals surface area contributed by atoms with Crippen molar-refractivity contribution in [2.45, 2.75) is 18.9 Å². The number of nitrogens with zero attached hydrogens (tertiary/aromatic N) is 3. The van der Waals surface area contributed by atoms with E-state index in [4.69, 9.17) is 5.84 Å². The summed E-state index contributed by atoms with van der Waals surface area (Å²) in [6.45, 7) is 0.662. The summed E-state index contributed by atoms with van der Waals surface area (Å²) in [6, 6.07) is 0. The lowest BCUT2D eigenvalue weighted by Crippen LogP contribution is -2.37. The van der Waals surface area contributed by atoms with Gasteiger partial charge in [-0.2, -0.15) is 4.98 Å². The number of aliphatic hydroxyl groups excluding tert-OH is 1. The molecule has 1 aromatic rings. The van der Waals surface area contributed by atoms with E-state index in [9.17, 15) is 9.50 Å². The Bertz CT molecular complexity index is 396. The van der Waals surface area contributed by atoms with Gasteiger partial charge >= 0.3 is 0 Å². The number of rotatable bonds is 4. The molecule has 0 aliphatic heterocycles. The van der Waals surface area contributed by atoms with Crippen LogP contribution in [0.2, 0.25) is 0 Å². The van der Waals surface area contributed by atoms with Crippen LogP contribution in [0.1, 0.15) is 12.8 Å². The Morgan fingerprint density at radius 3 is 2.94 bits per heavy atom. The number of hydrazine groups is 1. The van der Waals surface area contributed by atoms with Crippen LogP contribution in [-0.4, -0.2) is 34.8 Å². The van der Waals surface area contributed by atoms with Crippen LogP contribution in [0.5, 0.6) is 0 Å². The number of hydrogen-bond acceptors (Lipinski definition) is 6. The molecule has 0 radical (unpaired) electrons. The van der Waals surface area contributed by atoms with E-state index in [1.165, 1.54) is 0 Å². The first-order chi connectivity index (χ1) is 8.10. The minimum absolute atomic E-state index is 0.182. The van der Waals surface area contributed by atoms with Crippen LogP contribution in [0, 0.1) is 11.7 Å². The number of nitrogens with one attached hydrogen (secondary N) is 1. The lowest BCUT2D eigenvalue weighted by molar-refractivity contribution is 0.0464. The van der Waals surface area contributed by atoms with Crippen molar-refractivity contribution in [1.29, 1.82) is 0 Å². The van der Waals surface area contributed by atoms with E-state index in [1.54, 1.807) is 11.9 Å². The summed E-state index contributed by atoms with van der Waals surface area (Å²) in [6.07, 6.45) is 2.41. The number of aromatic nitrogens is 2. The predicted octanol–water partition coefficient (Wildman–Crippen LogP) is 0.108. The van der Waals surface area contributed by atoms with Crippen LogP contribution in [0.25, 0.3) is 0 Å². The van der Waals surface area contributed by atoms with Gasteiger partial charge in [-0.15, -0.1) is 0 Å². The molecular weight excluding hydrogens is 225 g/mol. The predicted molar refractivity (Wildman–Crippen MR) is 61.8 cm³/mol. The first kappa shape index (κ1) is 12.0. The molecule has 94 valence electrons. The Morgan fingerprint density at radius 1 is 1.65 bits per heavy atom. The van der Waals surface area contributed by atoms with Crippen LogP contribution in [0.3, 0.4) is 0 Å². The average Bonchev–Trinajstić information content (AvgIpc) is 2.27. The third-order valence-electron chi connectivity index (χ3n) is 2.96. The molecule has 0 amide bonds. The Balaban J connectivity index is 2.04. The standard InChI is InChI=1S/C10H16FN5O/c1-16(5-6-2-7(17)3-6)9-8(11)4-13-10(14-9)15-12/h4,6-7,17H,2-3,5,12H2,1H3,(H,13,14,15). The lowest BCUT2D eigenvalue weighted by atomic mass is 9.82. The summed E-state index contributed by atoms with van der Waals surface area (Å²) in [7, 11) is 1.76. The van der Waals surface area contributed by atoms with Crippen molar-refractivity contribution in [1.82, 2.24) is 9.97 Å². The van der Waals surface area contributed by atoms with Crippen molar-refractivity contribution < 1.29 is 9.50 Å². The third kappa shape index (κ3) is 2.62. The minimum Gasteiger partial charge on any atom is -0.393 e. The van der Waals surface area contributed by atoms with Gasteiger partial charge in [0, 0.05) is 13.6 Å². The SMILES string of the molecule is CN(CC1CC(O)C1)c1nc(NN)ncc1F. The Morgan fingerprint density at radius 2 is 2.35 bits per heavy atom. The van der Waals surface area contributed by atoms with Gasteiger partial charge in [-0.1, -0.05) is 0 Å². The molecule has 1 aliphatic carbocycles. The van der Waals surface area contributed by atoms with Crippen molar-refractivity contribution >= 4 is 11.8 Å². The fraction of sp³-hybridized carbons (Fsp3) is 0.600. The number of aliphatic hydroxyl groups is 1. The van der Waals surface area contributed by atoms with Crippen molar-refractivity contribution in [2.24, 2.45) is 11.8 Å². The maximum atomic E-state index is 13.5. The smallest absolute Gasteiger partial charge is 0.239 e. The maximum Gasteiger partial charge on any atom is 0.239 e. The second-order valence-corrected chi connectivity index (χ2v) is 4.38. The molecule has 1 fully saturated rings. The molecule has 0 saturated heterocycles. The van der Waals surface area contributed by atoms with Crippen LogP contribution in [0.15, 0.2) is 6.20 Å². The molecule has 17 heavy (non-hydrogen) atoms. The highest BCUT2D eigenvalue weighted by atomic mass is 19.1. The van der Waals surface area contributed by atoms with Gasteiger partial charge in [0.2, 0.25) is 5.95 Å².